The van der Waals surface area contributed by atoms with Crippen molar-refractivity contribution in [2.75, 3.05) is 12.4 Å². The van der Waals surface area contributed by atoms with Gasteiger partial charge in [0, 0.05) is 18.0 Å². The zero-order chi connectivity index (χ0) is 24.9. The molecule has 0 bridgehead atoms. The number of rotatable bonds is 11. The van der Waals surface area contributed by atoms with Gasteiger partial charge in [0.1, 0.15) is 12.6 Å². The minimum absolute atomic E-state index is 0.107. The fraction of sp³-hybridized carbons (Fsp3) is 0.407. The monoisotopic (exact) mass is 489 g/mol. The molecule has 2 heterocycles. The minimum Gasteiger partial charge on any atom is -0.481 e. The van der Waals surface area contributed by atoms with Crippen molar-refractivity contribution in [2.45, 2.75) is 44.9 Å². The summed E-state index contributed by atoms with van der Waals surface area (Å²) >= 11 is 0. The van der Waals surface area contributed by atoms with Crippen molar-refractivity contribution in [2.24, 2.45) is 17.8 Å². The molecule has 36 heavy (non-hydrogen) atoms. The summed E-state index contributed by atoms with van der Waals surface area (Å²) in [7, 11) is 1.58. The summed E-state index contributed by atoms with van der Waals surface area (Å²) in [6, 6.07) is 12.6. The van der Waals surface area contributed by atoms with Gasteiger partial charge >= 0.3 is 6.09 Å². The van der Waals surface area contributed by atoms with Crippen LogP contribution in [0.5, 0.6) is 5.88 Å². The van der Waals surface area contributed by atoms with Crippen LogP contribution < -0.4 is 15.4 Å². The number of hydrogen-bond acceptors (Lipinski definition) is 6. The Morgan fingerprint density at radius 3 is 2.50 bits per heavy atom. The molecule has 1 atom stereocenters. The molecule has 2 amide bonds. The Labute approximate surface area is 210 Å². The Bertz CT molecular complexity index is 1180. The highest BCUT2D eigenvalue weighted by Crippen LogP contribution is 2.50. The number of carbonyl (C=O) groups is 2. The Morgan fingerprint density at radius 1 is 1.06 bits per heavy atom. The van der Waals surface area contributed by atoms with Gasteiger partial charge in [-0.1, -0.05) is 36.4 Å². The van der Waals surface area contributed by atoms with Gasteiger partial charge in [-0.25, -0.2) is 14.8 Å². The fourth-order valence-electron chi connectivity index (χ4n) is 4.76. The number of aromatic nitrogens is 3. The van der Waals surface area contributed by atoms with Gasteiger partial charge in [0.15, 0.2) is 5.82 Å². The molecule has 9 heteroatoms. The maximum atomic E-state index is 13.4. The third-order valence-electron chi connectivity index (χ3n) is 6.77. The van der Waals surface area contributed by atoms with Crippen LogP contribution >= 0.6 is 0 Å². The normalized spacial score (nSPS) is 15.8. The van der Waals surface area contributed by atoms with Gasteiger partial charge in [-0.15, -0.1) is 0 Å². The Balaban J connectivity index is 1.25. The number of hydrogen-bond donors (Lipinski definition) is 2. The van der Waals surface area contributed by atoms with Crippen LogP contribution in [0, 0.1) is 17.8 Å². The number of nitrogens with one attached hydrogen (secondary N) is 2. The molecule has 9 nitrogen and oxygen atoms in total. The van der Waals surface area contributed by atoms with E-state index in [2.05, 4.69) is 20.6 Å². The summed E-state index contributed by atoms with van der Waals surface area (Å²) in [6.45, 7) is 0.654. The zero-order valence-corrected chi connectivity index (χ0v) is 20.3. The second kappa shape index (κ2) is 10.8. The van der Waals surface area contributed by atoms with Gasteiger partial charge in [0.25, 0.3) is 0 Å². The molecule has 0 aliphatic heterocycles. The minimum atomic E-state index is -0.670. The summed E-state index contributed by atoms with van der Waals surface area (Å²) in [5, 5.41) is 5.79. The predicted octanol–water partition coefficient (Wildman–Crippen LogP) is 4.00. The number of imidazole rings is 1. The summed E-state index contributed by atoms with van der Waals surface area (Å²) in [6.07, 6.45) is 8.87. The molecule has 2 aliphatic carbocycles. The van der Waals surface area contributed by atoms with E-state index in [0.717, 1.165) is 36.8 Å². The van der Waals surface area contributed by atoms with Crippen molar-refractivity contribution in [3.8, 4) is 5.88 Å². The van der Waals surface area contributed by atoms with Gasteiger partial charge in [-0.05, 0) is 55.1 Å². The van der Waals surface area contributed by atoms with Gasteiger partial charge in [-0.3, -0.25) is 4.79 Å². The predicted molar refractivity (Wildman–Crippen MR) is 133 cm³/mol. The van der Waals surface area contributed by atoms with E-state index in [4.69, 9.17) is 9.47 Å². The lowest BCUT2D eigenvalue weighted by atomic mass is 9.89. The number of carbonyl (C=O) groups excluding carboxylic acids is 2. The van der Waals surface area contributed by atoms with Crippen LogP contribution in [0.25, 0.3) is 0 Å². The lowest BCUT2D eigenvalue weighted by Gasteiger charge is -2.26. The number of benzene rings is 1. The summed E-state index contributed by atoms with van der Waals surface area (Å²) in [5.74, 6) is 1.73. The largest absolute Gasteiger partial charge is 0.481 e. The maximum Gasteiger partial charge on any atom is 0.408 e. The first kappa shape index (κ1) is 23.8. The Hall–Kier alpha value is -3.88. The molecule has 2 saturated carbocycles. The summed E-state index contributed by atoms with van der Waals surface area (Å²) in [4.78, 5) is 34.7. The van der Waals surface area contributed by atoms with E-state index >= 15 is 0 Å². The first-order chi connectivity index (χ1) is 17.6. The molecule has 2 N–H and O–H groups in total. The molecule has 188 valence electrons. The SMILES string of the molecule is COc1ncccc1Cn1cnc(NC(=O)C(NC(=O)OCc2ccccc2)C(C2CC2)C2CC2)c1. The van der Waals surface area contributed by atoms with E-state index in [-0.39, 0.29) is 18.4 Å². The van der Waals surface area contributed by atoms with Crippen LogP contribution in [-0.2, 0) is 22.7 Å². The van der Waals surface area contributed by atoms with Crippen LogP contribution in [-0.4, -0.2) is 39.7 Å². The molecule has 0 radical (unpaired) electrons. The third kappa shape index (κ3) is 6.02. The molecular weight excluding hydrogens is 458 g/mol. The number of anilines is 1. The first-order valence-electron chi connectivity index (χ1n) is 12.4. The van der Waals surface area contributed by atoms with Crippen molar-refractivity contribution in [3.05, 3.63) is 72.3 Å². The van der Waals surface area contributed by atoms with E-state index in [1.54, 1.807) is 25.8 Å². The van der Waals surface area contributed by atoms with Crippen molar-refractivity contribution < 1.29 is 19.1 Å². The second-order valence-electron chi connectivity index (χ2n) is 9.53. The van der Waals surface area contributed by atoms with Gasteiger partial charge in [-0.2, -0.15) is 0 Å². The van der Waals surface area contributed by atoms with Crippen molar-refractivity contribution in [3.63, 3.8) is 0 Å². The lowest BCUT2D eigenvalue weighted by Crippen LogP contribution is -2.50. The second-order valence-corrected chi connectivity index (χ2v) is 9.53. The average Bonchev–Trinajstić information content (AvgIpc) is 3.84. The van der Waals surface area contributed by atoms with Gasteiger partial charge in [0.05, 0.1) is 20.0 Å². The molecular formula is C27H31N5O4. The van der Waals surface area contributed by atoms with Crippen LogP contribution in [0.4, 0.5) is 10.6 Å². The quantitative estimate of drug-likeness (QED) is 0.422. The number of methoxy groups -OCH3 is 1. The zero-order valence-electron chi connectivity index (χ0n) is 20.3. The van der Waals surface area contributed by atoms with Crippen LogP contribution in [0.2, 0.25) is 0 Å². The average molecular weight is 490 g/mol. The number of pyridine rings is 1. The van der Waals surface area contributed by atoms with E-state index < -0.39 is 12.1 Å². The highest BCUT2D eigenvalue weighted by atomic mass is 16.5. The van der Waals surface area contributed by atoms with Gasteiger partial charge < -0.3 is 24.7 Å². The fourth-order valence-corrected chi connectivity index (χ4v) is 4.76. The molecule has 1 unspecified atom stereocenters. The molecule has 0 spiro atoms. The molecule has 5 rings (SSSR count). The van der Waals surface area contributed by atoms with E-state index in [0.29, 0.717) is 30.1 Å². The number of alkyl carbamates (subject to hydrolysis) is 1. The maximum absolute atomic E-state index is 13.4. The summed E-state index contributed by atoms with van der Waals surface area (Å²) in [5.41, 5.74) is 1.80. The van der Waals surface area contributed by atoms with E-state index in [9.17, 15) is 9.59 Å². The van der Waals surface area contributed by atoms with E-state index in [1.807, 2.05) is 47.0 Å². The number of ether oxygens (including phenoxy) is 2. The number of amides is 2. The molecule has 1 aromatic carbocycles. The van der Waals surface area contributed by atoms with Crippen LogP contribution in [0.3, 0.4) is 0 Å². The standard InChI is InChI=1S/C27H31N5O4/c1-35-26-21(8-5-13-28-26)14-32-15-22(29-17-32)30-25(33)24(23(19-9-10-19)20-11-12-20)31-27(34)36-16-18-6-3-2-4-7-18/h2-8,13,15,17,19-20,23-24H,9-12,14,16H2,1H3,(H,30,33)(H,31,34). The van der Waals surface area contributed by atoms with Crippen molar-refractivity contribution in [1.29, 1.82) is 0 Å². The van der Waals surface area contributed by atoms with Crippen LogP contribution in [0.15, 0.2) is 61.2 Å². The molecule has 2 aliphatic rings. The Kier molecular flexibility index (Phi) is 7.16. The van der Waals surface area contributed by atoms with Gasteiger partial charge in [0.2, 0.25) is 11.8 Å². The molecule has 0 saturated heterocycles. The smallest absolute Gasteiger partial charge is 0.408 e. The lowest BCUT2D eigenvalue weighted by molar-refractivity contribution is -0.119. The molecule has 2 aromatic heterocycles. The van der Waals surface area contributed by atoms with Crippen LogP contribution in [0.1, 0.15) is 36.8 Å². The topological polar surface area (TPSA) is 107 Å². The highest BCUT2D eigenvalue weighted by Gasteiger charge is 2.48. The Morgan fingerprint density at radius 2 is 1.81 bits per heavy atom. The third-order valence-corrected chi connectivity index (χ3v) is 6.77. The van der Waals surface area contributed by atoms with Crippen molar-refractivity contribution >= 4 is 17.8 Å². The summed E-state index contributed by atoms with van der Waals surface area (Å²) < 4.78 is 12.6. The highest BCUT2D eigenvalue weighted by molar-refractivity contribution is 5.96. The molecule has 2 fully saturated rings. The number of nitrogens with zero attached hydrogens (tertiary/aromatic N) is 3. The van der Waals surface area contributed by atoms with E-state index in [1.165, 1.54) is 0 Å². The van der Waals surface area contributed by atoms with Crippen molar-refractivity contribution in [1.82, 2.24) is 19.9 Å². The molecule has 3 aromatic rings. The first-order valence-corrected chi connectivity index (χ1v) is 12.4.